The van der Waals surface area contributed by atoms with E-state index in [1.54, 1.807) is 0 Å². The number of carbonyl (C=O) groups is 1. The number of halogens is 1. The lowest BCUT2D eigenvalue weighted by atomic mass is 10.2. The summed E-state index contributed by atoms with van der Waals surface area (Å²) in [6, 6.07) is 0. The Morgan fingerprint density at radius 3 is 2.30 bits per heavy atom. The molecule has 0 spiro atoms. The van der Waals surface area contributed by atoms with Crippen molar-refractivity contribution in [1.82, 2.24) is 0 Å². The maximum Gasteiger partial charge on any atom is 0.498 e. The van der Waals surface area contributed by atoms with Crippen LogP contribution in [-0.4, -0.2) is 22.6 Å². The Hall–Kier alpha value is -0.660. The Morgan fingerprint density at radius 2 is 2.20 bits per heavy atom. The van der Waals surface area contributed by atoms with Gasteiger partial charge in [-0.3, -0.25) is 0 Å². The van der Waals surface area contributed by atoms with E-state index in [2.05, 4.69) is 0 Å². The van der Waals surface area contributed by atoms with Crippen LogP contribution in [0.2, 0.25) is 0 Å². The van der Waals surface area contributed by atoms with Crippen molar-refractivity contribution in [3.63, 3.8) is 0 Å². The van der Waals surface area contributed by atoms with Gasteiger partial charge in [-0.1, -0.05) is 18.4 Å². The molecule has 0 aliphatic carbocycles. The van der Waals surface area contributed by atoms with Gasteiger partial charge in [0, 0.05) is 17.5 Å². The van der Waals surface area contributed by atoms with E-state index in [0.29, 0.717) is 6.54 Å². The molecule has 0 fully saturated rings. The summed E-state index contributed by atoms with van der Waals surface area (Å²) in [7, 11) is 0. The molecule has 0 radical (unpaired) electrons. The number of hydrogen-bond acceptors (Lipinski definition) is 2. The van der Waals surface area contributed by atoms with E-state index in [-0.39, 0.29) is 5.92 Å². The fourth-order valence-corrected chi connectivity index (χ4v) is 0.614. The van der Waals surface area contributed by atoms with Crippen LogP contribution < -0.4 is 0 Å². The van der Waals surface area contributed by atoms with Crippen LogP contribution in [0.5, 0.6) is 0 Å². The van der Waals surface area contributed by atoms with Crippen molar-refractivity contribution in [3.05, 3.63) is 0 Å². The van der Waals surface area contributed by atoms with E-state index in [9.17, 15) is 9.59 Å². The molecule has 0 heterocycles. The molecule has 0 bridgehead atoms. The molecule has 3 nitrogen and oxygen atoms in total. The van der Waals surface area contributed by atoms with Gasteiger partial charge in [0.15, 0.2) is 6.54 Å². The van der Waals surface area contributed by atoms with Crippen LogP contribution in [0.3, 0.4) is 0 Å². The minimum atomic E-state index is -0.774. The molecule has 1 amide bonds. The molecular weight excluding hydrogens is 154 g/mol. The summed E-state index contributed by atoms with van der Waals surface area (Å²) >= 11 is 5.01. The molecule has 0 aliphatic heterocycles. The highest BCUT2D eigenvalue weighted by atomic mass is 35.5. The van der Waals surface area contributed by atoms with Gasteiger partial charge in [-0.25, -0.2) is 4.79 Å². The lowest BCUT2D eigenvalue weighted by molar-refractivity contribution is -0.422. The Bertz CT molecular complexity index is 182. The Kier molecular flexibility index (Phi) is 3.93. The van der Waals surface area contributed by atoms with Crippen molar-refractivity contribution in [2.24, 2.45) is 5.92 Å². The predicted octanol–water partition coefficient (Wildman–Crippen LogP) is 1.35. The minimum Gasteiger partial charge on any atom is -0.200 e. The highest BCUT2D eigenvalue weighted by molar-refractivity contribution is 6.60. The molecule has 10 heavy (non-hydrogen) atoms. The first-order valence-electron chi connectivity index (χ1n) is 2.92. The monoisotopic (exact) mass is 162 g/mol. The van der Waals surface area contributed by atoms with Crippen LogP contribution in [0.25, 0.3) is 0 Å². The van der Waals surface area contributed by atoms with Crippen LogP contribution in [0.4, 0.5) is 4.79 Å². The van der Waals surface area contributed by atoms with Crippen molar-refractivity contribution >= 4 is 23.0 Å². The third kappa shape index (κ3) is 3.38. The lowest BCUT2D eigenvalue weighted by Crippen LogP contribution is -2.18. The maximum atomic E-state index is 10.3. The smallest absolute Gasteiger partial charge is 0.200 e. The number of hydrogen-bond donors (Lipinski definition) is 0. The first kappa shape index (κ1) is 9.34. The molecule has 0 aromatic carbocycles. The number of amides is 1. The summed E-state index contributed by atoms with van der Waals surface area (Å²) in [5.41, 5.74) is 0. The fraction of sp³-hybridized carbons (Fsp3) is 0.667. The summed E-state index contributed by atoms with van der Waals surface area (Å²) in [5.74, 6) is 0.226. The highest BCUT2D eigenvalue weighted by Crippen LogP contribution is 1.94. The topological polar surface area (TPSA) is 37.1 Å². The first-order chi connectivity index (χ1) is 4.57. The second-order valence-electron chi connectivity index (χ2n) is 2.35. The van der Waals surface area contributed by atoms with Crippen LogP contribution in [0.1, 0.15) is 13.8 Å². The molecule has 0 saturated heterocycles. The highest BCUT2D eigenvalue weighted by Gasteiger charge is 2.16. The van der Waals surface area contributed by atoms with E-state index >= 15 is 0 Å². The van der Waals surface area contributed by atoms with Gasteiger partial charge in [-0.05, 0) is 0 Å². The summed E-state index contributed by atoms with van der Waals surface area (Å²) < 4.78 is 0.812. The molecule has 0 atom stereocenters. The second-order valence-corrected chi connectivity index (χ2v) is 2.67. The molecule has 4 heteroatoms. The summed E-state index contributed by atoms with van der Waals surface area (Å²) in [6.07, 6.45) is 1.43. The van der Waals surface area contributed by atoms with Crippen LogP contribution in [-0.2, 0) is 4.79 Å². The van der Waals surface area contributed by atoms with Crippen molar-refractivity contribution in [2.45, 2.75) is 13.8 Å². The van der Waals surface area contributed by atoms with Gasteiger partial charge >= 0.3 is 11.4 Å². The molecule has 0 aromatic rings. The van der Waals surface area contributed by atoms with E-state index < -0.39 is 5.37 Å². The summed E-state index contributed by atoms with van der Waals surface area (Å²) in [4.78, 5) is 20.3. The SMILES string of the molecule is CC(C)C[N+](=C=O)C(=O)Cl. The van der Waals surface area contributed by atoms with E-state index in [4.69, 9.17) is 11.6 Å². The zero-order chi connectivity index (χ0) is 8.15. The van der Waals surface area contributed by atoms with Gasteiger partial charge in [-0.15, -0.1) is 0 Å². The molecular formula is C6H9ClNO2+. The largest absolute Gasteiger partial charge is 0.498 e. The zero-order valence-corrected chi connectivity index (χ0v) is 6.68. The van der Waals surface area contributed by atoms with Crippen LogP contribution >= 0.6 is 11.6 Å². The second kappa shape index (κ2) is 4.20. The first-order valence-corrected chi connectivity index (χ1v) is 3.30. The molecule has 0 aromatic heterocycles. The zero-order valence-electron chi connectivity index (χ0n) is 5.93. The van der Waals surface area contributed by atoms with Gasteiger partial charge in [-0.2, -0.15) is 4.79 Å². The molecule has 0 aliphatic rings. The Morgan fingerprint density at radius 1 is 1.70 bits per heavy atom. The number of isocyanates is 1. The van der Waals surface area contributed by atoms with Crippen LogP contribution in [0.15, 0.2) is 0 Å². The summed E-state index contributed by atoms with van der Waals surface area (Å²) in [6.45, 7) is 4.08. The molecule has 0 unspecified atom stereocenters. The van der Waals surface area contributed by atoms with Crippen molar-refractivity contribution in [1.29, 1.82) is 0 Å². The lowest BCUT2D eigenvalue weighted by Gasteiger charge is -1.94. The van der Waals surface area contributed by atoms with Crippen molar-refractivity contribution < 1.29 is 14.2 Å². The molecule has 0 N–H and O–H groups in total. The molecule has 56 valence electrons. The third-order valence-corrected chi connectivity index (χ3v) is 1.07. The molecule has 0 rings (SSSR count). The van der Waals surface area contributed by atoms with E-state index in [0.717, 1.165) is 4.58 Å². The Balaban J connectivity index is 4.13. The number of rotatable bonds is 2. The maximum absolute atomic E-state index is 10.3. The van der Waals surface area contributed by atoms with Gasteiger partial charge in [0.25, 0.3) is 0 Å². The van der Waals surface area contributed by atoms with E-state index in [1.807, 2.05) is 13.8 Å². The number of nitrogens with zero attached hydrogens (tertiary/aromatic N) is 1. The van der Waals surface area contributed by atoms with Crippen LogP contribution in [0, 0.1) is 5.92 Å². The van der Waals surface area contributed by atoms with Crippen molar-refractivity contribution in [2.75, 3.05) is 6.54 Å². The average molecular weight is 163 g/mol. The predicted molar refractivity (Wildman–Crippen MR) is 36.9 cm³/mol. The molecule has 0 saturated carbocycles. The van der Waals surface area contributed by atoms with Crippen molar-refractivity contribution in [3.8, 4) is 0 Å². The number of carbonyl (C=O) groups excluding carboxylic acids is 2. The minimum absolute atomic E-state index is 0.226. The van der Waals surface area contributed by atoms with Gasteiger partial charge in [0.05, 0.1) is 0 Å². The standard InChI is InChI=1S/C6H9ClNO2/c1-5(2)3-8(4-9)6(7)10/h5H,3H2,1-2H3/q+1. The van der Waals surface area contributed by atoms with Gasteiger partial charge < -0.3 is 0 Å². The van der Waals surface area contributed by atoms with Gasteiger partial charge in [0.2, 0.25) is 0 Å². The van der Waals surface area contributed by atoms with E-state index in [1.165, 1.54) is 6.08 Å². The quantitative estimate of drug-likeness (QED) is 0.202. The normalized spacial score (nSPS) is 9.20. The third-order valence-electron chi connectivity index (χ3n) is 0.870. The Labute approximate surface area is 64.3 Å². The fourth-order valence-electron chi connectivity index (χ4n) is 0.510. The summed E-state index contributed by atoms with van der Waals surface area (Å²) in [5, 5.41) is -0.774. The van der Waals surface area contributed by atoms with Gasteiger partial charge in [0.1, 0.15) is 0 Å². The average Bonchev–Trinajstić information content (AvgIpc) is 1.81.